The maximum absolute atomic E-state index is 12.1. The van der Waals surface area contributed by atoms with Gasteiger partial charge in [0.05, 0.1) is 11.6 Å². The molecular weight excluding hydrogens is 322 g/mol. The van der Waals surface area contributed by atoms with Crippen LogP contribution < -0.4 is 10.1 Å². The third kappa shape index (κ3) is 2.87. The normalized spacial score (nSPS) is 22.9. The smallest absolute Gasteiger partial charge is 0.230 e. The van der Waals surface area contributed by atoms with Crippen LogP contribution in [0.1, 0.15) is 31.7 Å². The van der Waals surface area contributed by atoms with Crippen LogP contribution in [0, 0.1) is 11.8 Å². The van der Waals surface area contributed by atoms with Gasteiger partial charge in [0.2, 0.25) is 11.8 Å². The van der Waals surface area contributed by atoms with Crippen molar-refractivity contribution in [2.24, 2.45) is 11.8 Å². The van der Waals surface area contributed by atoms with Crippen molar-refractivity contribution < 1.29 is 14.3 Å². The molecule has 0 bridgehead atoms. The van der Waals surface area contributed by atoms with Crippen molar-refractivity contribution in [1.82, 2.24) is 5.32 Å². The van der Waals surface area contributed by atoms with Crippen molar-refractivity contribution in [2.45, 2.75) is 26.2 Å². The topological polar surface area (TPSA) is 55.4 Å². The van der Waals surface area contributed by atoms with Crippen molar-refractivity contribution in [1.29, 1.82) is 0 Å². The van der Waals surface area contributed by atoms with E-state index in [-0.39, 0.29) is 29.6 Å². The molecule has 1 aromatic carbocycles. The second kappa shape index (κ2) is 5.95. The van der Waals surface area contributed by atoms with E-state index in [0.717, 1.165) is 15.8 Å². The van der Waals surface area contributed by atoms with Crippen LogP contribution in [0.3, 0.4) is 0 Å². The number of rotatable bonds is 3. The summed E-state index contributed by atoms with van der Waals surface area (Å²) in [6.45, 7) is 4.01. The van der Waals surface area contributed by atoms with Gasteiger partial charge in [0.25, 0.3) is 0 Å². The third-order valence-electron chi connectivity index (χ3n) is 3.73. The Balaban J connectivity index is 2.39. The zero-order valence-electron chi connectivity index (χ0n) is 11.8. The molecule has 108 valence electrons. The highest BCUT2D eigenvalue weighted by Gasteiger charge is 2.38. The first kappa shape index (κ1) is 15.0. The van der Waals surface area contributed by atoms with E-state index in [2.05, 4.69) is 21.2 Å². The van der Waals surface area contributed by atoms with Crippen LogP contribution in [0.2, 0.25) is 0 Å². The minimum atomic E-state index is -0.205. The maximum atomic E-state index is 12.1. The number of amides is 2. The molecule has 2 unspecified atom stereocenters. The molecule has 1 N–H and O–H groups in total. The minimum absolute atomic E-state index is 0.0848. The molecule has 4 nitrogen and oxygen atoms in total. The van der Waals surface area contributed by atoms with Gasteiger partial charge < -0.3 is 4.74 Å². The van der Waals surface area contributed by atoms with Gasteiger partial charge in [-0.15, -0.1) is 0 Å². The van der Waals surface area contributed by atoms with Crippen LogP contribution in [-0.4, -0.2) is 18.9 Å². The van der Waals surface area contributed by atoms with Gasteiger partial charge in [0.1, 0.15) is 5.75 Å². The van der Waals surface area contributed by atoms with Crippen LogP contribution in [0.4, 0.5) is 0 Å². The Morgan fingerprint density at radius 2 is 2.05 bits per heavy atom. The van der Waals surface area contributed by atoms with E-state index in [1.807, 2.05) is 32.0 Å². The van der Waals surface area contributed by atoms with Crippen LogP contribution in [0.25, 0.3) is 0 Å². The van der Waals surface area contributed by atoms with Gasteiger partial charge in [-0.1, -0.05) is 19.9 Å². The largest absolute Gasteiger partial charge is 0.496 e. The molecule has 2 atom stereocenters. The number of carbonyl (C=O) groups excluding carboxylic acids is 2. The number of hydrogen-bond donors (Lipinski definition) is 1. The summed E-state index contributed by atoms with van der Waals surface area (Å²) >= 11 is 3.45. The van der Waals surface area contributed by atoms with Crippen molar-refractivity contribution >= 4 is 27.7 Å². The fourth-order valence-corrected chi connectivity index (χ4v) is 3.35. The number of carbonyl (C=O) groups is 2. The highest BCUT2D eigenvalue weighted by molar-refractivity contribution is 9.10. The molecule has 2 rings (SSSR count). The lowest BCUT2D eigenvalue weighted by Crippen LogP contribution is -2.46. The van der Waals surface area contributed by atoms with Gasteiger partial charge in [-0.3, -0.25) is 14.9 Å². The van der Waals surface area contributed by atoms with Crippen LogP contribution >= 0.6 is 15.9 Å². The number of hydrogen-bond acceptors (Lipinski definition) is 3. The van der Waals surface area contributed by atoms with E-state index in [9.17, 15) is 9.59 Å². The van der Waals surface area contributed by atoms with Crippen molar-refractivity contribution in [3.63, 3.8) is 0 Å². The summed E-state index contributed by atoms with van der Waals surface area (Å²) in [4.78, 5) is 23.7. The van der Waals surface area contributed by atoms with Gasteiger partial charge in [0, 0.05) is 18.3 Å². The van der Waals surface area contributed by atoms with E-state index in [4.69, 9.17) is 4.74 Å². The lowest BCUT2D eigenvalue weighted by atomic mass is 9.75. The van der Waals surface area contributed by atoms with E-state index in [1.165, 1.54) is 0 Å². The van der Waals surface area contributed by atoms with E-state index in [1.54, 1.807) is 7.11 Å². The Labute approximate surface area is 127 Å². The Kier molecular flexibility index (Phi) is 4.48. The lowest BCUT2D eigenvalue weighted by molar-refractivity contribution is -0.138. The number of halogens is 1. The van der Waals surface area contributed by atoms with Crippen LogP contribution in [0.5, 0.6) is 5.75 Å². The molecule has 1 aliphatic heterocycles. The monoisotopic (exact) mass is 339 g/mol. The Morgan fingerprint density at radius 3 is 2.60 bits per heavy atom. The second-order valence-corrected chi connectivity index (χ2v) is 6.24. The molecule has 0 saturated carbocycles. The van der Waals surface area contributed by atoms with E-state index >= 15 is 0 Å². The highest BCUT2D eigenvalue weighted by atomic mass is 79.9. The van der Waals surface area contributed by atoms with Crippen LogP contribution in [-0.2, 0) is 9.59 Å². The van der Waals surface area contributed by atoms with Gasteiger partial charge in [-0.05, 0) is 39.5 Å². The molecule has 0 aromatic heterocycles. The molecule has 0 aliphatic carbocycles. The molecule has 1 saturated heterocycles. The average molecular weight is 340 g/mol. The second-order valence-electron chi connectivity index (χ2n) is 5.39. The zero-order chi connectivity index (χ0) is 14.9. The standard InChI is InChI=1S/C15H18BrNO3/c1-8(2)14-10(7-13(18)17-15(14)19)9-4-5-12(20-3)11(16)6-9/h4-6,8,10,14H,7H2,1-3H3,(H,17,18,19). The van der Waals surface area contributed by atoms with E-state index in [0.29, 0.717) is 6.42 Å². The quantitative estimate of drug-likeness (QED) is 0.861. The molecular formula is C15H18BrNO3. The highest BCUT2D eigenvalue weighted by Crippen LogP contribution is 2.38. The molecule has 1 fully saturated rings. The Hall–Kier alpha value is -1.36. The fourth-order valence-electron chi connectivity index (χ4n) is 2.79. The summed E-state index contributed by atoms with van der Waals surface area (Å²) in [5, 5.41) is 2.43. The number of nitrogens with one attached hydrogen (secondary N) is 1. The predicted octanol–water partition coefficient (Wildman–Crippen LogP) is 2.86. The Morgan fingerprint density at radius 1 is 1.35 bits per heavy atom. The molecule has 1 heterocycles. The summed E-state index contributed by atoms with van der Waals surface area (Å²) < 4.78 is 6.04. The average Bonchev–Trinajstić information content (AvgIpc) is 2.37. The van der Waals surface area contributed by atoms with E-state index < -0.39 is 0 Å². The molecule has 5 heteroatoms. The minimum Gasteiger partial charge on any atom is -0.496 e. The first-order valence-corrected chi connectivity index (χ1v) is 7.40. The predicted molar refractivity (Wildman–Crippen MR) is 79.5 cm³/mol. The molecule has 20 heavy (non-hydrogen) atoms. The number of imide groups is 1. The van der Waals surface area contributed by atoms with Crippen molar-refractivity contribution in [2.75, 3.05) is 7.11 Å². The van der Waals surface area contributed by atoms with Gasteiger partial charge in [0.15, 0.2) is 0 Å². The number of ether oxygens (including phenoxy) is 1. The number of piperidine rings is 1. The number of benzene rings is 1. The molecule has 2 amide bonds. The summed E-state index contributed by atoms with van der Waals surface area (Å²) in [7, 11) is 1.61. The fraction of sp³-hybridized carbons (Fsp3) is 0.467. The van der Waals surface area contributed by atoms with Gasteiger partial charge >= 0.3 is 0 Å². The summed E-state index contributed by atoms with van der Waals surface area (Å²) in [6.07, 6.45) is 0.341. The lowest BCUT2D eigenvalue weighted by Gasteiger charge is -2.33. The van der Waals surface area contributed by atoms with Gasteiger partial charge in [-0.25, -0.2) is 0 Å². The Bertz CT molecular complexity index is 542. The number of methoxy groups -OCH3 is 1. The third-order valence-corrected chi connectivity index (χ3v) is 4.35. The van der Waals surface area contributed by atoms with Crippen molar-refractivity contribution in [3.05, 3.63) is 28.2 Å². The zero-order valence-corrected chi connectivity index (χ0v) is 13.4. The summed E-state index contributed by atoms with van der Waals surface area (Å²) in [5.74, 6) is 0.263. The van der Waals surface area contributed by atoms with Gasteiger partial charge in [-0.2, -0.15) is 0 Å². The van der Waals surface area contributed by atoms with Crippen molar-refractivity contribution in [3.8, 4) is 5.75 Å². The molecule has 0 radical (unpaired) electrons. The SMILES string of the molecule is COc1ccc(C2CC(=O)NC(=O)C2C(C)C)cc1Br. The first-order valence-electron chi connectivity index (χ1n) is 6.61. The molecule has 0 spiro atoms. The van der Waals surface area contributed by atoms with Crippen LogP contribution in [0.15, 0.2) is 22.7 Å². The molecule has 1 aromatic rings. The summed E-state index contributed by atoms with van der Waals surface area (Å²) in [5.41, 5.74) is 0.986. The first-order chi connectivity index (χ1) is 9.43. The maximum Gasteiger partial charge on any atom is 0.230 e. The molecule has 1 aliphatic rings. The summed E-state index contributed by atoms with van der Waals surface area (Å²) in [6, 6.07) is 5.72.